The largest absolute Gasteiger partial charge is 0.357 e. The lowest BCUT2D eigenvalue weighted by Gasteiger charge is -2.22. The van der Waals surface area contributed by atoms with E-state index in [0.29, 0.717) is 19.1 Å². The summed E-state index contributed by atoms with van der Waals surface area (Å²) in [6, 6.07) is 9.08. The van der Waals surface area contributed by atoms with E-state index in [9.17, 15) is 0 Å². The molecule has 0 aliphatic rings. The lowest BCUT2D eigenvalue weighted by molar-refractivity contribution is 0.265. The second-order valence-corrected chi connectivity index (χ2v) is 8.36. The normalized spacial score (nSPS) is 11.6. The summed E-state index contributed by atoms with van der Waals surface area (Å²) in [5.41, 5.74) is 3.71. The molecular formula is C21H34IN5S. The van der Waals surface area contributed by atoms with E-state index in [1.807, 2.05) is 0 Å². The van der Waals surface area contributed by atoms with Gasteiger partial charge in [0.2, 0.25) is 0 Å². The molecule has 0 fully saturated rings. The maximum Gasteiger partial charge on any atom is 0.191 e. The summed E-state index contributed by atoms with van der Waals surface area (Å²) >= 11 is 1.74. The fourth-order valence-electron chi connectivity index (χ4n) is 2.60. The highest BCUT2D eigenvalue weighted by Crippen LogP contribution is 2.16. The van der Waals surface area contributed by atoms with Crippen molar-refractivity contribution in [1.82, 2.24) is 20.5 Å². The number of nitrogens with zero attached hydrogens (tertiary/aromatic N) is 3. The van der Waals surface area contributed by atoms with Crippen LogP contribution in [0.2, 0.25) is 0 Å². The summed E-state index contributed by atoms with van der Waals surface area (Å²) in [5.74, 6) is 0.829. The molecule has 0 aliphatic heterocycles. The zero-order chi connectivity index (χ0) is 19.8. The molecule has 0 saturated heterocycles. The summed E-state index contributed by atoms with van der Waals surface area (Å²) in [6.07, 6.45) is 0. The van der Waals surface area contributed by atoms with E-state index in [1.54, 1.807) is 11.3 Å². The van der Waals surface area contributed by atoms with E-state index in [1.165, 1.54) is 16.0 Å². The van der Waals surface area contributed by atoms with E-state index < -0.39 is 0 Å². The number of nitrogens with one attached hydrogen (secondary N) is 2. The molecule has 0 unspecified atom stereocenters. The first-order valence-corrected chi connectivity index (χ1v) is 10.4. The Bertz CT molecular complexity index is 738. The van der Waals surface area contributed by atoms with Gasteiger partial charge >= 0.3 is 0 Å². The Morgan fingerprint density at radius 3 is 2.43 bits per heavy atom. The zero-order valence-corrected chi connectivity index (χ0v) is 21.0. The van der Waals surface area contributed by atoms with Crippen molar-refractivity contribution in [3.05, 3.63) is 51.0 Å². The Labute approximate surface area is 191 Å². The summed E-state index contributed by atoms with van der Waals surface area (Å²) in [4.78, 5) is 13.0. The smallest absolute Gasteiger partial charge is 0.191 e. The molecule has 5 nitrogen and oxygen atoms in total. The van der Waals surface area contributed by atoms with Gasteiger partial charge in [0, 0.05) is 24.0 Å². The van der Waals surface area contributed by atoms with E-state index in [0.717, 1.165) is 29.8 Å². The summed E-state index contributed by atoms with van der Waals surface area (Å²) < 4.78 is 0. The van der Waals surface area contributed by atoms with Crippen molar-refractivity contribution in [1.29, 1.82) is 0 Å². The number of thiazole rings is 1. The molecular weight excluding hydrogens is 481 g/mol. The van der Waals surface area contributed by atoms with Crippen LogP contribution in [-0.2, 0) is 19.6 Å². The van der Waals surface area contributed by atoms with E-state index in [2.05, 4.69) is 86.4 Å². The van der Waals surface area contributed by atoms with Gasteiger partial charge in [0.1, 0.15) is 5.01 Å². The van der Waals surface area contributed by atoms with Gasteiger partial charge in [-0.15, -0.1) is 35.3 Å². The SMILES string of the molecule is CCNC(=NCc1ccccc1CN(C)C(C)C)NCc1nc(C)c(C)s1.I. The number of rotatable bonds is 8. The van der Waals surface area contributed by atoms with Crippen molar-refractivity contribution in [2.45, 2.75) is 60.3 Å². The monoisotopic (exact) mass is 515 g/mol. The standard InChI is InChI=1S/C21H33N5S.HI/c1-7-22-21(24-13-20-25-16(4)17(5)27-20)23-12-18-10-8-9-11-19(18)14-26(6)15(2)3;/h8-11,15H,7,12-14H2,1-6H3,(H2,22,23,24);1H. The van der Waals surface area contributed by atoms with Crippen LogP contribution in [0.5, 0.6) is 0 Å². The van der Waals surface area contributed by atoms with E-state index in [4.69, 9.17) is 4.99 Å². The third-order valence-corrected chi connectivity index (χ3v) is 5.72. The highest BCUT2D eigenvalue weighted by molar-refractivity contribution is 14.0. The fraction of sp³-hybridized carbons (Fsp3) is 0.524. The first-order chi connectivity index (χ1) is 12.9. The summed E-state index contributed by atoms with van der Waals surface area (Å²) in [7, 11) is 2.16. The van der Waals surface area contributed by atoms with Gasteiger partial charge in [-0.3, -0.25) is 4.90 Å². The van der Waals surface area contributed by atoms with Gasteiger partial charge in [-0.2, -0.15) is 0 Å². The second-order valence-electron chi connectivity index (χ2n) is 7.08. The molecule has 7 heteroatoms. The van der Waals surface area contributed by atoms with Crippen LogP contribution in [0.3, 0.4) is 0 Å². The fourth-order valence-corrected chi connectivity index (χ4v) is 3.47. The summed E-state index contributed by atoms with van der Waals surface area (Å²) in [6.45, 7) is 13.8. The molecule has 0 aliphatic carbocycles. The summed E-state index contributed by atoms with van der Waals surface area (Å²) in [5, 5.41) is 7.82. The minimum atomic E-state index is 0. The number of hydrogen-bond donors (Lipinski definition) is 2. The number of aromatic nitrogens is 1. The highest BCUT2D eigenvalue weighted by Gasteiger charge is 2.09. The maximum atomic E-state index is 4.79. The van der Waals surface area contributed by atoms with Gasteiger partial charge < -0.3 is 10.6 Å². The molecule has 0 saturated carbocycles. The van der Waals surface area contributed by atoms with Crippen LogP contribution in [0.25, 0.3) is 0 Å². The first-order valence-electron chi connectivity index (χ1n) is 9.62. The molecule has 1 heterocycles. The third kappa shape index (κ3) is 7.67. The minimum Gasteiger partial charge on any atom is -0.357 e. The lowest BCUT2D eigenvalue weighted by atomic mass is 10.1. The van der Waals surface area contributed by atoms with Crippen LogP contribution in [0, 0.1) is 13.8 Å². The third-order valence-electron chi connectivity index (χ3n) is 4.65. The van der Waals surface area contributed by atoms with Crippen LogP contribution in [0.4, 0.5) is 0 Å². The number of hydrogen-bond acceptors (Lipinski definition) is 4. The number of guanidine groups is 1. The van der Waals surface area contributed by atoms with Gasteiger partial charge in [0.25, 0.3) is 0 Å². The van der Waals surface area contributed by atoms with Crippen molar-refractivity contribution in [3.8, 4) is 0 Å². The van der Waals surface area contributed by atoms with Crippen LogP contribution >= 0.6 is 35.3 Å². The van der Waals surface area contributed by atoms with Crippen molar-refractivity contribution in [3.63, 3.8) is 0 Å². The molecule has 2 N–H and O–H groups in total. The van der Waals surface area contributed by atoms with Crippen molar-refractivity contribution < 1.29 is 0 Å². The number of aryl methyl sites for hydroxylation is 2. The molecule has 2 rings (SSSR count). The molecule has 0 atom stereocenters. The molecule has 1 aromatic carbocycles. The van der Waals surface area contributed by atoms with Gasteiger partial charge in [0.15, 0.2) is 5.96 Å². The zero-order valence-electron chi connectivity index (χ0n) is 17.9. The Morgan fingerprint density at radius 1 is 1.18 bits per heavy atom. The molecule has 0 spiro atoms. The quantitative estimate of drug-likeness (QED) is 0.310. The van der Waals surface area contributed by atoms with Crippen LogP contribution < -0.4 is 10.6 Å². The average Bonchev–Trinajstić information content (AvgIpc) is 2.96. The Hall–Kier alpha value is -1.19. The maximum absolute atomic E-state index is 4.79. The number of halogens is 1. The number of aliphatic imine (C=N–C) groups is 1. The van der Waals surface area contributed by atoms with Crippen molar-refractivity contribution >= 4 is 41.3 Å². The molecule has 28 heavy (non-hydrogen) atoms. The minimum absolute atomic E-state index is 0. The Morgan fingerprint density at radius 2 is 1.86 bits per heavy atom. The lowest BCUT2D eigenvalue weighted by Crippen LogP contribution is -2.36. The predicted molar refractivity (Wildman–Crippen MR) is 132 cm³/mol. The predicted octanol–water partition coefficient (Wildman–Crippen LogP) is 4.47. The van der Waals surface area contributed by atoms with Gasteiger partial charge in [-0.25, -0.2) is 9.98 Å². The van der Waals surface area contributed by atoms with Gasteiger partial charge in [-0.05, 0) is 52.8 Å². The van der Waals surface area contributed by atoms with E-state index >= 15 is 0 Å². The molecule has 156 valence electrons. The molecule has 0 radical (unpaired) electrons. The van der Waals surface area contributed by atoms with Crippen LogP contribution in [0.15, 0.2) is 29.3 Å². The van der Waals surface area contributed by atoms with Gasteiger partial charge in [0.05, 0.1) is 18.8 Å². The Kier molecular flexibility index (Phi) is 11.0. The topological polar surface area (TPSA) is 52.6 Å². The first kappa shape index (κ1) is 24.8. The van der Waals surface area contributed by atoms with E-state index in [-0.39, 0.29) is 24.0 Å². The number of benzene rings is 1. The molecule has 1 aromatic heterocycles. The van der Waals surface area contributed by atoms with Gasteiger partial charge in [-0.1, -0.05) is 24.3 Å². The Balaban J connectivity index is 0.00000392. The molecule has 0 amide bonds. The van der Waals surface area contributed by atoms with Crippen LogP contribution in [-0.4, -0.2) is 35.5 Å². The molecule has 2 aromatic rings. The molecule has 0 bridgehead atoms. The van der Waals surface area contributed by atoms with Crippen molar-refractivity contribution in [2.75, 3.05) is 13.6 Å². The van der Waals surface area contributed by atoms with Crippen LogP contribution in [0.1, 0.15) is 47.5 Å². The second kappa shape index (κ2) is 12.4. The van der Waals surface area contributed by atoms with Crippen molar-refractivity contribution in [2.24, 2.45) is 4.99 Å². The average molecular weight is 516 g/mol. The highest BCUT2D eigenvalue weighted by atomic mass is 127.